The molecule has 2 aromatic rings. The Kier molecular flexibility index (Phi) is 5.68. The lowest BCUT2D eigenvalue weighted by atomic mass is 10.1. The first-order chi connectivity index (χ1) is 11.4. The third kappa shape index (κ3) is 5.50. The first-order valence-corrected chi connectivity index (χ1v) is 7.81. The van der Waals surface area contributed by atoms with Gasteiger partial charge in [-0.2, -0.15) is 0 Å². The minimum Gasteiger partial charge on any atom is -0.493 e. The van der Waals surface area contributed by atoms with Gasteiger partial charge in [-0.15, -0.1) is 0 Å². The molecule has 128 valence electrons. The van der Waals surface area contributed by atoms with E-state index in [1.165, 1.54) is 0 Å². The van der Waals surface area contributed by atoms with Gasteiger partial charge in [0.25, 0.3) is 5.91 Å². The summed E-state index contributed by atoms with van der Waals surface area (Å²) >= 11 is 0. The lowest BCUT2D eigenvalue weighted by molar-refractivity contribution is -0.118. The van der Waals surface area contributed by atoms with Crippen LogP contribution in [-0.4, -0.2) is 25.2 Å². The van der Waals surface area contributed by atoms with Crippen molar-refractivity contribution in [3.8, 4) is 11.5 Å². The number of ether oxygens (including phenoxy) is 2. The molecule has 0 unspecified atom stereocenters. The maximum Gasteiger partial charge on any atom is 0.262 e. The molecule has 2 rings (SSSR count). The van der Waals surface area contributed by atoms with Crippen LogP contribution in [0.15, 0.2) is 48.5 Å². The molecule has 0 saturated carbocycles. The van der Waals surface area contributed by atoms with E-state index < -0.39 is 0 Å². The van der Waals surface area contributed by atoms with Gasteiger partial charge in [0.15, 0.2) is 18.1 Å². The van der Waals surface area contributed by atoms with Gasteiger partial charge in [-0.25, -0.2) is 0 Å². The molecule has 0 aliphatic heterocycles. The molecule has 0 atom stereocenters. The number of nitrogens with one attached hydrogen (secondary N) is 2. The Morgan fingerprint density at radius 2 is 1.54 bits per heavy atom. The van der Waals surface area contributed by atoms with Gasteiger partial charge < -0.3 is 20.1 Å². The predicted octanol–water partition coefficient (Wildman–Crippen LogP) is 3.92. The molecule has 0 aliphatic carbocycles. The van der Waals surface area contributed by atoms with E-state index >= 15 is 0 Å². The van der Waals surface area contributed by atoms with Gasteiger partial charge >= 0.3 is 0 Å². The highest BCUT2D eigenvalue weighted by Gasteiger charge is 2.10. The Hall–Kier alpha value is -2.69. The van der Waals surface area contributed by atoms with Crippen molar-refractivity contribution in [3.05, 3.63) is 48.5 Å². The molecule has 24 heavy (non-hydrogen) atoms. The zero-order valence-electron chi connectivity index (χ0n) is 14.6. The molecule has 2 N–H and O–H groups in total. The smallest absolute Gasteiger partial charge is 0.262 e. The fraction of sp³-hybridized carbons (Fsp3) is 0.316. The Balaban J connectivity index is 1.88. The fourth-order valence-electron chi connectivity index (χ4n) is 2.15. The summed E-state index contributed by atoms with van der Waals surface area (Å²) in [6.07, 6.45) is 0. The number of methoxy groups -OCH3 is 1. The predicted molar refractivity (Wildman–Crippen MR) is 96.9 cm³/mol. The lowest BCUT2D eigenvalue weighted by Crippen LogP contribution is -2.26. The molecule has 5 nitrogen and oxygen atoms in total. The summed E-state index contributed by atoms with van der Waals surface area (Å²) in [6, 6.07) is 14.8. The Bertz CT molecular complexity index is 676. The molecule has 0 aliphatic rings. The van der Waals surface area contributed by atoms with Crippen molar-refractivity contribution in [2.45, 2.75) is 26.3 Å². The lowest BCUT2D eigenvalue weighted by Gasteiger charge is -2.22. The number of para-hydroxylation sites is 2. The normalized spacial score (nSPS) is 10.8. The van der Waals surface area contributed by atoms with Crippen molar-refractivity contribution < 1.29 is 14.3 Å². The standard InChI is InChI=1S/C19H24N2O3/c1-19(2,3)21-15-11-9-14(10-12-15)20-18(22)13-24-17-8-6-5-7-16(17)23-4/h5-12,21H,13H2,1-4H3,(H,20,22). The van der Waals surface area contributed by atoms with E-state index in [2.05, 4.69) is 31.4 Å². The number of amides is 1. The molecule has 0 heterocycles. The maximum absolute atomic E-state index is 12.0. The van der Waals surface area contributed by atoms with Gasteiger partial charge in [0.1, 0.15) is 0 Å². The van der Waals surface area contributed by atoms with Gasteiger partial charge in [-0.05, 0) is 57.2 Å². The molecule has 2 aromatic carbocycles. The minimum absolute atomic E-state index is 0.00660. The summed E-state index contributed by atoms with van der Waals surface area (Å²) in [5, 5.41) is 6.18. The van der Waals surface area contributed by atoms with Gasteiger partial charge in [-0.1, -0.05) is 12.1 Å². The monoisotopic (exact) mass is 328 g/mol. The summed E-state index contributed by atoms with van der Waals surface area (Å²) in [7, 11) is 1.56. The van der Waals surface area contributed by atoms with Crippen molar-refractivity contribution in [1.29, 1.82) is 0 Å². The topological polar surface area (TPSA) is 59.6 Å². The average molecular weight is 328 g/mol. The minimum atomic E-state index is -0.225. The average Bonchev–Trinajstić information content (AvgIpc) is 2.53. The van der Waals surface area contributed by atoms with E-state index in [1.807, 2.05) is 36.4 Å². The van der Waals surface area contributed by atoms with E-state index in [4.69, 9.17) is 9.47 Å². The molecule has 1 amide bonds. The zero-order chi connectivity index (χ0) is 17.6. The van der Waals surface area contributed by atoms with Crippen LogP contribution in [0, 0.1) is 0 Å². The van der Waals surface area contributed by atoms with Crippen LogP contribution in [0.1, 0.15) is 20.8 Å². The highest BCUT2D eigenvalue weighted by Crippen LogP contribution is 2.25. The molecule has 0 bridgehead atoms. The number of carbonyl (C=O) groups excluding carboxylic acids is 1. The molecular formula is C19H24N2O3. The van der Waals surface area contributed by atoms with Crippen LogP contribution in [0.3, 0.4) is 0 Å². The highest BCUT2D eigenvalue weighted by molar-refractivity contribution is 5.92. The van der Waals surface area contributed by atoms with Crippen molar-refractivity contribution in [3.63, 3.8) is 0 Å². The van der Waals surface area contributed by atoms with Gasteiger partial charge in [0.2, 0.25) is 0 Å². The largest absolute Gasteiger partial charge is 0.493 e. The third-order valence-electron chi connectivity index (χ3n) is 3.12. The quantitative estimate of drug-likeness (QED) is 0.844. The number of hydrogen-bond donors (Lipinski definition) is 2. The van der Waals surface area contributed by atoms with Crippen molar-refractivity contribution >= 4 is 17.3 Å². The van der Waals surface area contributed by atoms with E-state index in [0.717, 1.165) is 11.4 Å². The third-order valence-corrected chi connectivity index (χ3v) is 3.12. The number of carbonyl (C=O) groups is 1. The van der Waals surface area contributed by atoms with Crippen LogP contribution >= 0.6 is 0 Å². The zero-order valence-corrected chi connectivity index (χ0v) is 14.6. The number of anilines is 2. The molecule has 0 spiro atoms. The molecule has 0 fully saturated rings. The fourth-order valence-corrected chi connectivity index (χ4v) is 2.15. The second-order valence-electron chi connectivity index (χ2n) is 6.44. The van der Waals surface area contributed by atoms with Crippen molar-refractivity contribution in [2.75, 3.05) is 24.4 Å². The summed E-state index contributed by atoms with van der Waals surface area (Å²) in [4.78, 5) is 12.0. The first kappa shape index (κ1) is 17.7. The Morgan fingerprint density at radius 1 is 0.958 bits per heavy atom. The second-order valence-corrected chi connectivity index (χ2v) is 6.44. The second kappa shape index (κ2) is 7.73. The Labute approximate surface area is 143 Å². The summed E-state index contributed by atoms with van der Waals surface area (Å²) in [5.41, 5.74) is 1.72. The Morgan fingerprint density at radius 3 is 2.12 bits per heavy atom. The van der Waals surface area contributed by atoms with Crippen LogP contribution in [0.2, 0.25) is 0 Å². The van der Waals surface area contributed by atoms with E-state index in [-0.39, 0.29) is 18.1 Å². The molecule has 5 heteroatoms. The molecule has 0 saturated heterocycles. The van der Waals surface area contributed by atoms with Crippen LogP contribution in [-0.2, 0) is 4.79 Å². The number of hydrogen-bond acceptors (Lipinski definition) is 4. The molecule has 0 radical (unpaired) electrons. The SMILES string of the molecule is COc1ccccc1OCC(=O)Nc1ccc(NC(C)(C)C)cc1. The van der Waals surface area contributed by atoms with Crippen LogP contribution in [0.4, 0.5) is 11.4 Å². The molecule has 0 aromatic heterocycles. The highest BCUT2D eigenvalue weighted by atomic mass is 16.5. The van der Waals surface area contributed by atoms with Crippen LogP contribution in [0.25, 0.3) is 0 Å². The van der Waals surface area contributed by atoms with Crippen LogP contribution < -0.4 is 20.1 Å². The summed E-state index contributed by atoms with van der Waals surface area (Å²) in [6.45, 7) is 6.20. The van der Waals surface area contributed by atoms with E-state index in [9.17, 15) is 4.79 Å². The van der Waals surface area contributed by atoms with Crippen molar-refractivity contribution in [2.24, 2.45) is 0 Å². The van der Waals surface area contributed by atoms with Gasteiger partial charge in [-0.3, -0.25) is 4.79 Å². The van der Waals surface area contributed by atoms with E-state index in [0.29, 0.717) is 11.5 Å². The van der Waals surface area contributed by atoms with Crippen molar-refractivity contribution in [1.82, 2.24) is 0 Å². The number of benzene rings is 2. The van der Waals surface area contributed by atoms with Crippen LogP contribution in [0.5, 0.6) is 11.5 Å². The summed E-state index contributed by atoms with van der Waals surface area (Å²) in [5.74, 6) is 0.917. The molecular weight excluding hydrogens is 304 g/mol. The maximum atomic E-state index is 12.0. The number of rotatable bonds is 6. The summed E-state index contributed by atoms with van der Waals surface area (Å²) < 4.78 is 10.7. The van der Waals surface area contributed by atoms with Gasteiger partial charge in [0.05, 0.1) is 7.11 Å². The van der Waals surface area contributed by atoms with E-state index in [1.54, 1.807) is 19.2 Å². The first-order valence-electron chi connectivity index (χ1n) is 7.81. The van der Waals surface area contributed by atoms with Gasteiger partial charge in [0, 0.05) is 16.9 Å².